The first-order valence-corrected chi connectivity index (χ1v) is 7.93. The van der Waals surface area contributed by atoms with E-state index in [1.807, 2.05) is 13.8 Å². The second-order valence-electron chi connectivity index (χ2n) is 4.77. The number of rotatable bonds is 5. The summed E-state index contributed by atoms with van der Waals surface area (Å²) in [4.78, 5) is 25.5. The summed E-state index contributed by atoms with van der Waals surface area (Å²) in [5, 5.41) is 2.75. The Morgan fingerprint density at radius 2 is 2.06 bits per heavy atom. The molecule has 1 aliphatic heterocycles. The maximum absolute atomic E-state index is 12.1. The van der Waals surface area contributed by atoms with Gasteiger partial charge in [0.15, 0.2) is 0 Å². The van der Waals surface area contributed by atoms with Crippen LogP contribution in [0.25, 0.3) is 0 Å². The van der Waals surface area contributed by atoms with Crippen LogP contribution in [0.3, 0.4) is 0 Å². The van der Waals surface area contributed by atoms with E-state index in [-0.39, 0.29) is 17.1 Å². The Morgan fingerprint density at radius 1 is 1.44 bits per heavy atom. The second kappa shape index (κ2) is 6.31. The van der Waals surface area contributed by atoms with Crippen LogP contribution in [0.5, 0.6) is 0 Å². The lowest BCUT2D eigenvalue weighted by molar-refractivity contribution is -0.148. The highest BCUT2D eigenvalue weighted by Gasteiger charge is 2.36. The van der Waals surface area contributed by atoms with Crippen LogP contribution in [0, 0.1) is 0 Å². The third-order valence-electron chi connectivity index (χ3n) is 3.50. The molecule has 0 aromatic heterocycles. The zero-order chi connectivity index (χ0) is 13.9. The first-order valence-electron chi connectivity index (χ1n) is 6.31. The fourth-order valence-electron chi connectivity index (χ4n) is 1.95. The van der Waals surface area contributed by atoms with E-state index >= 15 is 0 Å². The normalized spacial score (nSPS) is 27.9. The van der Waals surface area contributed by atoms with E-state index in [2.05, 4.69) is 5.32 Å². The molecule has 1 heterocycles. The summed E-state index contributed by atoms with van der Waals surface area (Å²) >= 11 is 0. The van der Waals surface area contributed by atoms with Crippen molar-refractivity contribution in [2.24, 2.45) is 0 Å². The number of carbonyl (C=O) groups is 2. The van der Waals surface area contributed by atoms with E-state index in [1.165, 1.54) is 0 Å². The molecule has 0 spiro atoms. The van der Waals surface area contributed by atoms with Gasteiger partial charge in [0, 0.05) is 28.9 Å². The summed E-state index contributed by atoms with van der Waals surface area (Å²) in [6.45, 7) is 5.99. The number of piperazine rings is 1. The van der Waals surface area contributed by atoms with Crippen LogP contribution in [-0.4, -0.2) is 51.1 Å². The van der Waals surface area contributed by atoms with Crippen molar-refractivity contribution in [1.82, 2.24) is 10.2 Å². The summed E-state index contributed by atoms with van der Waals surface area (Å²) in [6.07, 6.45) is 2.92. The third-order valence-corrected chi connectivity index (χ3v) is 4.87. The molecule has 0 aliphatic carbocycles. The van der Waals surface area contributed by atoms with Crippen LogP contribution in [0.2, 0.25) is 0 Å². The molecule has 1 rings (SSSR count). The summed E-state index contributed by atoms with van der Waals surface area (Å²) in [5.74, 6) is -0.134. The molecule has 0 aromatic rings. The van der Waals surface area contributed by atoms with E-state index in [1.54, 1.807) is 18.1 Å². The Bertz CT molecular complexity index is 359. The summed E-state index contributed by atoms with van der Waals surface area (Å²) < 4.78 is 11.3. The standard InChI is InChI=1S/C12H22N2O3S/c1-5-10-12(16)14(9(3)11(15)13-10)7-6-8(2)18(4)17/h8-10H,5-7H2,1-4H3,(H,13,15). The monoisotopic (exact) mass is 274 g/mol. The molecule has 2 amide bonds. The molecule has 1 fully saturated rings. The zero-order valence-corrected chi connectivity index (χ0v) is 12.3. The van der Waals surface area contributed by atoms with Crippen LogP contribution < -0.4 is 5.32 Å². The number of nitrogens with zero attached hydrogens (tertiary/aromatic N) is 1. The van der Waals surface area contributed by atoms with E-state index in [4.69, 9.17) is 0 Å². The van der Waals surface area contributed by atoms with E-state index < -0.39 is 22.9 Å². The van der Waals surface area contributed by atoms with Gasteiger partial charge in [-0.25, -0.2) is 0 Å². The third kappa shape index (κ3) is 3.31. The number of amides is 2. The highest BCUT2D eigenvalue weighted by atomic mass is 32.2. The van der Waals surface area contributed by atoms with Crippen molar-refractivity contribution in [3.8, 4) is 0 Å². The highest BCUT2D eigenvalue weighted by molar-refractivity contribution is 7.84. The van der Waals surface area contributed by atoms with Crippen molar-refractivity contribution in [3.63, 3.8) is 0 Å². The van der Waals surface area contributed by atoms with Crippen LogP contribution in [0.15, 0.2) is 0 Å². The van der Waals surface area contributed by atoms with Gasteiger partial charge in [-0.05, 0) is 19.8 Å². The molecule has 6 heteroatoms. The Morgan fingerprint density at radius 3 is 2.56 bits per heavy atom. The maximum atomic E-state index is 12.1. The molecule has 0 bridgehead atoms. The summed E-state index contributed by atoms with van der Waals surface area (Å²) in [5.41, 5.74) is 0. The van der Waals surface area contributed by atoms with Gasteiger partial charge in [-0.15, -0.1) is 0 Å². The minimum absolute atomic E-state index is 0.0290. The van der Waals surface area contributed by atoms with Crippen molar-refractivity contribution in [1.29, 1.82) is 0 Å². The van der Waals surface area contributed by atoms with Crippen molar-refractivity contribution in [2.75, 3.05) is 12.8 Å². The van der Waals surface area contributed by atoms with E-state index in [0.717, 1.165) is 0 Å². The number of nitrogens with one attached hydrogen (secondary N) is 1. The SMILES string of the molecule is CCC1NC(=O)C(C)N(CCC(C)S(C)=O)C1=O. The largest absolute Gasteiger partial charge is 0.343 e. The Kier molecular flexibility index (Phi) is 5.31. The fraction of sp³-hybridized carbons (Fsp3) is 0.833. The second-order valence-corrected chi connectivity index (χ2v) is 6.58. The van der Waals surface area contributed by atoms with Gasteiger partial charge < -0.3 is 10.2 Å². The lowest BCUT2D eigenvalue weighted by Gasteiger charge is -2.37. The molecule has 0 saturated carbocycles. The zero-order valence-electron chi connectivity index (χ0n) is 11.4. The van der Waals surface area contributed by atoms with Crippen molar-refractivity contribution in [2.45, 2.75) is 50.9 Å². The Hall–Kier alpha value is -0.910. The fourth-order valence-corrected chi connectivity index (χ4v) is 2.39. The predicted molar refractivity (Wildman–Crippen MR) is 71.5 cm³/mol. The quantitative estimate of drug-likeness (QED) is 0.782. The average molecular weight is 274 g/mol. The minimum atomic E-state index is -0.895. The Balaban J connectivity index is 2.68. The smallest absolute Gasteiger partial charge is 0.245 e. The average Bonchev–Trinajstić information content (AvgIpc) is 2.33. The first kappa shape index (κ1) is 15.1. The number of carbonyl (C=O) groups excluding carboxylic acids is 2. The van der Waals surface area contributed by atoms with Crippen molar-refractivity contribution in [3.05, 3.63) is 0 Å². The molecule has 1 aliphatic rings. The predicted octanol–water partition coefficient (Wildman–Crippen LogP) is 0.269. The van der Waals surface area contributed by atoms with Gasteiger partial charge in [0.2, 0.25) is 11.8 Å². The lowest BCUT2D eigenvalue weighted by atomic mass is 10.1. The van der Waals surface area contributed by atoms with Gasteiger partial charge in [-0.2, -0.15) is 0 Å². The molecule has 1 saturated heterocycles. The van der Waals surface area contributed by atoms with Gasteiger partial charge in [0.1, 0.15) is 12.1 Å². The van der Waals surface area contributed by atoms with Gasteiger partial charge >= 0.3 is 0 Å². The first-order chi connectivity index (χ1) is 8.38. The van der Waals surface area contributed by atoms with Gasteiger partial charge in [-0.1, -0.05) is 13.8 Å². The van der Waals surface area contributed by atoms with Gasteiger partial charge in [0.25, 0.3) is 0 Å². The van der Waals surface area contributed by atoms with E-state index in [0.29, 0.717) is 19.4 Å². The van der Waals surface area contributed by atoms with Crippen molar-refractivity contribution < 1.29 is 13.8 Å². The van der Waals surface area contributed by atoms with Gasteiger partial charge in [0.05, 0.1) is 0 Å². The molecule has 4 atom stereocenters. The maximum Gasteiger partial charge on any atom is 0.245 e. The molecule has 5 nitrogen and oxygen atoms in total. The molecule has 4 unspecified atom stereocenters. The van der Waals surface area contributed by atoms with Crippen LogP contribution >= 0.6 is 0 Å². The minimum Gasteiger partial charge on any atom is -0.343 e. The molecule has 0 aromatic carbocycles. The van der Waals surface area contributed by atoms with Crippen molar-refractivity contribution >= 4 is 22.6 Å². The Labute approximate surface area is 111 Å². The number of hydrogen-bond acceptors (Lipinski definition) is 3. The topological polar surface area (TPSA) is 66.5 Å². The van der Waals surface area contributed by atoms with Gasteiger partial charge in [-0.3, -0.25) is 13.8 Å². The molecule has 0 radical (unpaired) electrons. The summed E-state index contributed by atoms with van der Waals surface area (Å²) in [7, 11) is -0.895. The number of hydrogen-bond donors (Lipinski definition) is 1. The van der Waals surface area contributed by atoms with E-state index in [9.17, 15) is 13.8 Å². The molecule has 104 valence electrons. The van der Waals surface area contributed by atoms with Crippen LogP contribution in [0.1, 0.15) is 33.6 Å². The molecule has 1 N–H and O–H groups in total. The molecule has 18 heavy (non-hydrogen) atoms. The van der Waals surface area contributed by atoms with Crippen LogP contribution in [-0.2, 0) is 20.4 Å². The molecular weight excluding hydrogens is 252 g/mol. The lowest BCUT2D eigenvalue weighted by Crippen LogP contribution is -2.62. The highest BCUT2D eigenvalue weighted by Crippen LogP contribution is 2.13. The van der Waals surface area contributed by atoms with Crippen LogP contribution in [0.4, 0.5) is 0 Å². The molecular formula is C12H22N2O3S. The summed E-state index contributed by atoms with van der Waals surface area (Å²) in [6, 6.07) is -0.839.